The summed E-state index contributed by atoms with van der Waals surface area (Å²) < 4.78 is 0.665. The Morgan fingerprint density at radius 1 is 1.32 bits per heavy atom. The summed E-state index contributed by atoms with van der Waals surface area (Å²) in [5.41, 5.74) is 1.24. The standard InChI is InChI=1S/C17H15N3O3S2/c1-2-9-24-14-6-4-3-5-12(14)16(21)19-17-18-13-8-7-11(20(22)23)10-15(13)25-17/h3-8,10H,2,9H2,1H3,(H,18,19,21). The molecule has 0 atom stereocenters. The molecule has 1 amide bonds. The zero-order valence-corrected chi connectivity index (χ0v) is 15.0. The molecule has 3 rings (SSSR count). The number of hydrogen-bond acceptors (Lipinski definition) is 6. The van der Waals surface area contributed by atoms with Gasteiger partial charge in [0.15, 0.2) is 5.13 Å². The van der Waals surface area contributed by atoms with E-state index in [2.05, 4.69) is 17.2 Å². The van der Waals surface area contributed by atoms with Crippen molar-refractivity contribution < 1.29 is 9.72 Å². The number of nitro benzene ring substituents is 1. The molecule has 0 aliphatic carbocycles. The van der Waals surface area contributed by atoms with E-state index >= 15 is 0 Å². The number of nitro groups is 1. The topological polar surface area (TPSA) is 85.1 Å². The van der Waals surface area contributed by atoms with Crippen molar-refractivity contribution in [2.24, 2.45) is 0 Å². The zero-order valence-electron chi connectivity index (χ0n) is 13.4. The van der Waals surface area contributed by atoms with Crippen LogP contribution in [0.1, 0.15) is 23.7 Å². The second-order valence-electron chi connectivity index (χ2n) is 5.23. The highest BCUT2D eigenvalue weighted by molar-refractivity contribution is 7.99. The molecule has 0 bridgehead atoms. The number of aromatic nitrogens is 1. The molecule has 0 spiro atoms. The van der Waals surface area contributed by atoms with Gasteiger partial charge in [-0.3, -0.25) is 20.2 Å². The lowest BCUT2D eigenvalue weighted by atomic mass is 10.2. The quantitative estimate of drug-likeness (QED) is 0.375. The van der Waals surface area contributed by atoms with Crippen molar-refractivity contribution in [1.82, 2.24) is 4.98 Å². The molecule has 25 heavy (non-hydrogen) atoms. The number of rotatable bonds is 6. The lowest BCUT2D eigenvalue weighted by Crippen LogP contribution is -2.12. The van der Waals surface area contributed by atoms with Crippen molar-refractivity contribution in [3.63, 3.8) is 0 Å². The molecule has 0 aliphatic rings. The van der Waals surface area contributed by atoms with Crippen LogP contribution in [0.15, 0.2) is 47.4 Å². The minimum Gasteiger partial charge on any atom is -0.298 e. The Balaban J connectivity index is 1.83. The predicted molar refractivity (Wildman–Crippen MR) is 102 cm³/mol. The van der Waals surface area contributed by atoms with Crippen molar-refractivity contribution in [1.29, 1.82) is 0 Å². The Morgan fingerprint density at radius 3 is 2.88 bits per heavy atom. The first-order chi connectivity index (χ1) is 12.1. The highest BCUT2D eigenvalue weighted by Gasteiger charge is 2.15. The summed E-state index contributed by atoms with van der Waals surface area (Å²) in [4.78, 5) is 28.3. The van der Waals surface area contributed by atoms with Gasteiger partial charge in [0.05, 0.1) is 20.7 Å². The van der Waals surface area contributed by atoms with Gasteiger partial charge in [-0.15, -0.1) is 11.8 Å². The van der Waals surface area contributed by atoms with Crippen molar-refractivity contribution in [3.05, 3.63) is 58.1 Å². The van der Waals surface area contributed by atoms with Gasteiger partial charge in [0, 0.05) is 17.0 Å². The van der Waals surface area contributed by atoms with Crippen molar-refractivity contribution in [2.45, 2.75) is 18.2 Å². The molecule has 1 aromatic heterocycles. The smallest absolute Gasteiger partial charge is 0.270 e. The van der Waals surface area contributed by atoms with E-state index in [0.29, 0.717) is 20.9 Å². The molecule has 8 heteroatoms. The summed E-state index contributed by atoms with van der Waals surface area (Å²) in [5, 5.41) is 14.1. The maximum Gasteiger partial charge on any atom is 0.270 e. The monoisotopic (exact) mass is 373 g/mol. The number of anilines is 1. The maximum absolute atomic E-state index is 12.6. The molecule has 0 saturated heterocycles. The van der Waals surface area contributed by atoms with E-state index < -0.39 is 4.92 Å². The number of non-ortho nitro benzene ring substituents is 1. The third-order valence-electron chi connectivity index (χ3n) is 3.40. The number of amides is 1. The number of benzene rings is 2. The Kier molecular flexibility index (Phi) is 5.30. The van der Waals surface area contributed by atoms with Gasteiger partial charge in [0.25, 0.3) is 11.6 Å². The van der Waals surface area contributed by atoms with Gasteiger partial charge in [0.2, 0.25) is 0 Å². The Labute approximate surface area is 152 Å². The van der Waals surface area contributed by atoms with Gasteiger partial charge >= 0.3 is 0 Å². The third-order valence-corrected chi connectivity index (χ3v) is 5.61. The molecule has 2 aromatic carbocycles. The van der Waals surface area contributed by atoms with Crippen LogP contribution >= 0.6 is 23.1 Å². The fourth-order valence-electron chi connectivity index (χ4n) is 2.24. The first-order valence-electron chi connectivity index (χ1n) is 7.66. The fourth-order valence-corrected chi connectivity index (χ4v) is 4.05. The Morgan fingerprint density at radius 2 is 2.12 bits per heavy atom. The summed E-state index contributed by atoms with van der Waals surface area (Å²) in [6.07, 6.45) is 1.03. The van der Waals surface area contributed by atoms with Crippen LogP contribution in [0.4, 0.5) is 10.8 Å². The largest absolute Gasteiger partial charge is 0.298 e. The Hall–Kier alpha value is -2.45. The zero-order chi connectivity index (χ0) is 17.8. The van der Waals surface area contributed by atoms with Gasteiger partial charge in [-0.05, 0) is 30.4 Å². The number of thiazole rings is 1. The minimum absolute atomic E-state index is 0.00957. The fraction of sp³-hybridized carbons (Fsp3) is 0.176. The van der Waals surface area contributed by atoms with Crippen LogP contribution in [0.5, 0.6) is 0 Å². The van der Waals surface area contributed by atoms with Crippen LogP contribution in [0, 0.1) is 10.1 Å². The first-order valence-corrected chi connectivity index (χ1v) is 9.47. The van der Waals surface area contributed by atoms with E-state index in [-0.39, 0.29) is 11.6 Å². The van der Waals surface area contributed by atoms with E-state index in [1.807, 2.05) is 18.2 Å². The molecule has 128 valence electrons. The molecule has 0 radical (unpaired) electrons. The molecule has 0 fully saturated rings. The van der Waals surface area contributed by atoms with E-state index in [1.54, 1.807) is 23.9 Å². The number of nitrogens with one attached hydrogen (secondary N) is 1. The maximum atomic E-state index is 12.6. The van der Waals surface area contributed by atoms with Crippen molar-refractivity contribution in [3.8, 4) is 0 Å². The van der Waals surface area contributed by atoms with E-state index in [0.717, 1.165) is 17.1 Å². The first kappa shape index (κ1) is 17.4. The molecule has 1 heterocycles. The molecular weight excluding hydrogens is 358 g/mol. The third kappa shape index (κ3) is 3.97. The Bertz CT molecular complexity index is 940. The molecule has 1 N–H and O–H groups in total. The van der Waals surface area contributed by atoms with Gasteiger partial charge in [-0.2, -0.15) is 0 Å². The van der Waals surface area contributed by atoms with Crippen molar-refractivity contribution in [2.75, 3.05) is 11.1 Å². The van der Waals surface area contributed by atoms with Crippen LogP contribution in [-0.4, -0.2) is 21.6 Å². The highest BCUT2D eigenvalue weighted by atomic mass is 32.2. The normalized spacial score (nSPS) is 10.8. The second-order valence-corrected chi connectivity index (χ2v) is 7.39. The molecule has 0 aliphatic heterocycles. The number of nitrogens with zero attached hydrogens (tertiary/aromatic N) is 2. The van der Waals surface area contributed by atoms with E-state index in [1.165, 1.54) is 23.5 Å². The average molecular weight is 373 g/mol. The molecule has 0 unspecified atom stereocenters. The SMILES string of the molecule is CCCSc1ccccc1C(=O)Nc1nc2ccc([N+](=O)[O-])cc2s1. The minimum atomic E-state index is -0.446. The van der Waals surface area contributed by atoms with Gasteiger partial charge in [-0.25, -0.2) is 4.98 Å². The van der Waals surface area contributed by atoms with Crippen molar-refractivity contribution >= 4 is 50.0 Å². The molecular formula is C17H15N3O3S2. The summed E-state index contributed by atoms with van der Waals surface area (Å²) in [7, 11) is 0. The average Bonchev–Trinajstić information content (AvgIpc) is 3.01. The number of fused-ring (bicyclic) bond motifs is 1. The molecule has 0 saturated carbocycles. The molecule has 3 aromatic rings. The van der Waals surface area contributed by atoms with E-state index in [4.69, 9.17) is 0 Å². The van der Waals surface area contributed by atoms with E-state index in [9.17, 15) is 14.9 Å². The van der Waals surface area contributed by atoms with Crippen LogP contribution < -0.4 is 5.32 Å². The summed E-state index contributed by atoms with van der Waals surface area (Å²) in [6.45, 7) is 2.09. The summed E-state index contributed by atoms with van der Waals surface area (Å²) >= 11 is 2.86. The number of hydrogen-bond donors (Lipinski definition) is 1. The van der Waals surface area contributed by atoms with Gasteiger partial charge < -0.3 is 0 Å². The lowest BCUT2D eigenvalue weighted by Gasteiger charge is -2.07. The highest BCUT2D eigenvalue weighted by Crippen LogP contribution is 2.30. The predicted octanol–water partition coefficient (Wildman–Crippen LogP) is 4.96. The van der Waals surface area contributed by atoms with Crippen LogP contribution in [0.25, 0.3) is 10.2 Å². The number of thioether (sulfide) groups is 1. The van der Waals surface area contributed by atoms with Crippen LogP contribution in [0.2, 0.25) is 0 Å². The lowest BCUT2D eigenvalue weighted by molar-refractivity contribution is -0.384. The summed E-state index contributed by atoms with van der Waals surface area (Å²) in [5.74, 6) is 0.711. The van der Waals surface area contributed by atoms with Gasteiger partial charge in [-0.1, -0.05) is 30.4 Å². The summed E-state index contributed by atoms with van der Waals surface area (Å²) in [6, 6.07) is 11.9. The second kappa shape index (κ2) is 7.62. The number of carbonyl (C=O) groups is 1. The van der Waals surface area contributed by atoms with Gasteiger partial charge in [0.1, 0.15) is 0 Å². The van der Waals surface area contributed by atoms with Crippen LogP contribution in [0.3, 0.4) is 0 Å². The molecule has 6 nitrogen and oxygen atoms in total. The van der Waals surface area contributed by atoms with Crippen LogP contribution in [-0.2, 0) is 0 Å². The number of carbonyl (C=O) groups excluding carboxylic acids is 1.